The van der Waals surface area contributed by atoms with Gasteiger partial charge in [0.25, 0.3) is 5.91 Å². The number of carbonyl (C=O) groups excluding carboxylic acids is 1. The Labute approximate surface area is 103 Å². The van der Waals surface area contributed by atoms with Crippen molar-refractivity contribution in [3.05, 3.63) is 11.5 Å². The summed E-state index contributed by atoms with van der Waals surface area (Å²) in [6, 6.07) is -0.297. The number of hydrogen-bond acceptors (Lipinski definition) is 3. The molecule has 0 radical (unpaired) electrons. The van der Waals surface area contributed by atoms with Crippen LogP contribution in [-0.2, 0) is 4.79 Å². The second-order valence-electron chi connectivity index (χ2n) is 6.25. The quantitative estimate of drug-likeness (QED) is 0.793. The molecule has 4 nitrogen and oxygen atoms in total. The fourth-order valence-electron chi connectivity index (χ4n) is 2.18. The molecular weight excluding hydrogens is 216 g/mol. The van der Waals surface area contributed by atoms with E-state index in [-0.39, 0.29) is 28.8 Å². The molecule has 1 unspecified atom stereocenters. The molecule has 4 heteroatoms. The van der Waals surface area contributed by atoms with E-state index in [1.165, 1.54) is 0 Å². The lowest BCUT2D eigenvalue weighted by Gasteiger charge is -2.35. The summed E-state index contributed by atoms with van der Waals surface area (Å²) in [5.41, 5.74) is 5.44. The average Bonchev–Trinajstić information content (AvgIpc) is 2.38. The Kier molecular flexibility index (Phi) is 3.74. The number of rotatable bonds is 3. The summed E-state index contributed by atoms with van der Waals surface area (Å²) in [5.74, 6) is 0.321. The number of nitrogens with two attached hydrogens (primary N) is 1. The lowest BCUT2D eigenvalue weighted by molar-refractivity contribution is -0.129. The fourth-order valence-corrected chi connectivity index (χ4v) is 2.18. The van der Waals surface area contributed by atoms with Crippen molar-refractivity contribution < 1.29 is 9.90 Å². The topological polar surface area (TPSA) is 66.6 Å². The van der Waals surface area contributed by atoms with Crippen LogP contribution in [0, 0.1) is 11.3 Å². The minimum Gasteiger partial charge on any atom is -0.508 e. The van der Waals surface area contributed by atoms with E-state index in [0.29, 0.717) is 12.5 Å². The van der Waals surface area contributed by atoms with Gasteiger partial charge in [-0.2, -0.15) is 0 Å². The van der Waals surface area contributed by atoms with Gasteiger partial charge in [0.1, 0.15) is 11.5 Å². The van der Waals surface area contributed by atoms with Gasteiger partial charge in [-0.3, -0.25) is 4.79 Å². The molecule has 98 valence electrons. The zero-order valence-corrected chi connectivity index (χ0v) is 11.4. The summed E-state index contributed by atoms with van der Waals surface area (Å²) < 4.78 is 0. The molecule has 0 bridgehead atoms. The smallest absolute Gasteiger partial charge is 0.273 e. The van der Waals surface area contributed by atoms with Gasteiger partial charge in [0, 0.05) is 6.54 Å². The van der Waals surface area contributed by atoms with Gasteiger partial charge < -0.3 is 15.7 Å². The lowest BCUT2D eigenvalue weighted by Crippen LogP contribution is -2.44. The summed E-state index contributed by atoms with van der Waals surface area (Å²) in [7, 11) is 0. The molecule has 1 heterocycles. The summed E-state index contributed by atoms with van der Waals surface area (Å²) in [6.07, 6.45) is 0.916. The van der Waals surface area contributed by atoms with Crippen molar-refractivity contribution in [2.24, 2.45) is 17.1 Å². The van der Waals surface area contributed by atoms with Crippen molar-refractivity contribution in [3.63, 3.8) is 0 Å². The summed E-state index contributed by atoms with van der Waals surface area (Å²) in [5, 5.41) is 9.99. The Morgan fingerprint density at radius 3 is 2.35 bits per heavy atom. The first-order chi connectivity index (χ1) is 7.66. The van der Waals surface area contributed by atoms with E-state index < -0.39 is 0 Å². The van der Waals surface area contributed by atoms with E-state index in [0.717, 1.165) is 6.42 Å². The molecule has 0 saturated carbocycles. The molecule has 0 fully saturated rings. The predicted octanol–water partition coefficient (Wildman–Crippen LogP) is 2.02. The normalized spacial score (nSPS) is 21.9. The average molecular weight is 240 g/mol. The van der Waals surface area contributed by atoms with Gasteiger partial charge >= 0.3 is 0 Å². The molecule has 1 aliphatic heterocycles. The van der Waals surface area contributed by atoms with Crippen molar-refractivity contribution in [3.8, 4) is 0 Å². The summed E-state index contributed by atoms with van der Waals surface area (Å²) in [4.78, 5) is 13.7. The Hall–Kier alpha value is -1.19. The Morgan fingerprint density at radius 1 is 1.41 bits per heavy atom. The van der Waals surface area contributed by atoms with Crippen molar-refractivity contribution in [1.29, 1.82) is 0 Å². The molecule has 0 saturated heterocycles. The van der Waals surface area contributed by atoms with Crippen LogP contribution in [0.25, 0.3) is 0 Å². The van der Waals surface area contributed by atoms with Gasteiger partial charge in [0.05, 0.1) is 6.04 Å². The molecule has 0 aliphatic carbocycles. The van der Waals surface area contributed by atoms with Gasteiger partial charge in [-0.05, 0) is 17.8 Å². The van der Waals surface area contributed by atoms with Crippen molar-refractivity contribution in [1.82, 2.24) is 4.90 Å². The third-order valence-corrected chi connectivity index (χ3v) is 3.11. The van der Waals surface area contributed by atoms with Crippen LogP contribution in [-0.4, -0.2) is 28.5 Å². The zero-order chi connectivity index (χ0) is 13.4. The zero-order valence-electron chi connectivity index (χ0n) is 11.4. The highest BCUT2D eigenvalue weighted by Crippen LogP contribution is 2.35. The Balaban J connectivity index is 2.93. The molecule has 3 N–H and O–H groups in total. The minimum atomic E-state index is -0.297. The van der Waals surface area contributed by atoms with E-state index in [1.54, 1.807) is 4.90 Å². The van der Waals surface area contributed by atoms with Crippen LogP contribution < -0.4 is 5.73 Å². The Morgan fingerprint density at radius 2 is 1.94 bits per heavy atom. The number of carbonyl (C=O) groups is 1. The first-order valence-corrected chi connectivity index (χ1v) is 6.15. The highest BCUT2D eigenvalue weighted by atomic mass is 16.3. The second-order valence-corrected chi connectivity index (χ2v) is 6.25. The number of aliphatic hydroxyl groups is 1. The monoisotopic (exact) mass is 240 g/mol. The number of amides is 1. The van der Waals surface area contributed by atoms with Crippen LogP contribution >= 0.6 is 0 Å². The largest absolute Gasteiger partial charge is 0.508 e. The molecule has 17 heavy (non-hydrogen) atoms. The third-order valence-electron chi connectivity index (χ3n) is 3.11. The van der Waals surface area contributed by atoms with Crippen LogP contribution in [0.3, 0.4) is 0 Å². The number of hydrogen-bond donors (Lipinski definition) is 2. The van der Waals surface area contributed by atoms with Gasteiger partial charge in [-0.25, -0.2) is 0 Å². The first kappa shape index (κ1) is 13.9. The molecular formula is C13H24N2O2. The van der Waals surface area contributed by atoms with E-state index in [1.807, 2.05) is 20.8 Å². The second kappa shape index (κ2) is 4.59. The van der Waals surface area contributed by atoms with Crippen LogP contribution in [0.5, 0.6) is 0 Å². The SMILES string of the molecule is CC(C)CCN1C(=O)C(N)=C(O)C1C(C)(C)C. The molecule has 1 aliphatic rings. The van der Waals surface area contributed by atoms with E-state index in [2.05, 4.69) is 13.8 Å². The molecule has 1 rings (SSSR count). The Bertz CT molecular complexity index is 340. The maximum absolute atomic E-state index is 12.0. The van der Waals surface area contributed by atoms with Gasteiger partial charge in [0.15, 0.2) is 0 Å². The first-order valence-electron chi connectivity index (χ1n) is 6.15. The van der Waals surface area contributed by atoms with Crippen molar-refractivity contribution in [2.45, 2.75) is 47.1 Å². The molecule has 0 aromatic carbocycles. The highest BCUT2D eigenvalue weighted by Gasteiger charge is 2.44. The number of aliphatic hydroxyl groups excluding tert-OH is 1. The van der Waals surface area contributed by atoms with Crippen molar-refractivity contribution >= 4 is 5.91 Å². The fraction of sp³-hybridized carbons (Fsp3) is 0.769. The minimum absolute atomic E-state index is 0.00804. The summed E-state index contributed by atoms with van der Waals surface area (Å²) in [6.45, 7) is 10.9. The molecule has 1 atom stereocenters. The highest BCUT2D eigenvalue weighted by molar-refractivity contribution is 5.96. The van der Waals surface area contributed by atoms with Gasteiger partial charge in [-0.1, -0.05) is 34.6 Å². The molecule has 0 aromatic heterocycles. The maximum Gasteiger partial charge on any atom is 0.273 e. The maximum atomic E-state index is 12.0. The van der Waals surface area contributed by atoms with Crippen LogP contribution in [0.15, 0.2) is 11.5 Å². The molecule has 0 spiro atoms. The van der Waals surface area contributed by atoms with Crippen LogP contribution in [0.2, 0.25) is 0 Å². The van der Waals surface area contributed by atoms with Gasteiger partial charge in [-0.15, -0.1) is 0 Å². The van der Waals surface area contributed by atoms with Gasteiger partial charge in [0.2, 0.25) is 0 Å². The van der Waals surface area contributed by atoms with Crippen LogP contribution in [0.4, 0.5) is 0 Å². The van der Waals surface area contributed by atoms with Crippen LogP contribution in [0.1, 0.15) is 41.0 Å². The molecule has 0 aromatic rings. The van der Waals surface area contributed by atoms with E-state index >= 15 is 0 Å². The van der Waals surface area contributed by atoms with Crippen molar-refractivity contribution in [2.75, 3.05) is 6.54 Å². The van der Waals surface area contributed by atoms with E-state index in [4.69, 9.17) is 5.73 Å². The summed E-state index contributed by atoms with van der Waals surface area (Å²) >= 11 is 0. The standard InChI is InChI=1S/C13H24N2O2/c1-8(2)6-7-15-11(13(3,4)5)10(16)9(14)12(15)17/h8,11,16H,6-7,14H2,1-5H3. The lowest BCUT2D eigenvalue weighted by atomic mass is 9.85. The third kappa shape index (κ3) is 2.73. The molecule has 1 amide bonds. The number of nitrogens with zero attached hydrogens (tertiary/aromatic N) is 1. The predicted molar refractivity (Wildman–Crippen MR) is 68.3 cm³/mol. The van der Waals surface area contributed by atoms with E-state index in [9.17, 15) is 9.90 Å².